The molecular weight excluding hydrogens is 1240 g/mol. The molecule has 3 rings (SSSR count). The van der Waals surface area contributed by atoms with Gasteiger partial charge in [0.05, 0.1) is 13.2 Å². The van der Waals surface area contributed by atoms with E-state index in [9.17, 15) is 74.9 Å². The van der Waals surface area contributed by atoms with E-state index in [0.29, 0.717) is 19.3 Å². The number of carbonyl (C=O) groups is 3. The van der Waals surface area contributed by atoms with Crippen molar-refractivity contribution in [2.75, 3.05) is 26.4 Å². The molecule has 552 valence electrons. The fourth-order valence-electron chi connectivity index (χ4n) is 12.0. The molecule has 0 aromatic heterocycles. The van der Waals surface area contributed by atoms with Crippen LogP contribution in [0.4, 0.5) is 0 Å². The number of aliphatic hydroxyl groups excluding tert-OH is 10. The largest absolute Gasteiger partial charge is 0.472 e. The highest BCUT2D eigenvalue weighted by molar-refractivity contribution is 7.47. The third-order valence-electron chi connectivity index (χ3n) is 18.0. The van der Waals surface area contributed by atoms with E-state index in [0.717, 1.165) is 89.9 Å². The summed E-state index contributed by atoms with van der Waals surface area (Å²) in [5.41, 5.74) is 0. The molecule has 18 unspecified atom stereocenters. The first-order valence-corrected chi connectivity index (χ1v) is 38.0. The number of carbonyl (C=O) groups excluding carboxylic acids is 3. The average Bonchev–Trinajstić information content (AvgIpc) is 0.843. The fraction of sp³-hybridized carbons (Fsp3) is 0.928. The van der Waals surface area contributed by atoms with Crippen molar-refractivity contribution < 1.29 is 117 Å². The Labute approximate surface area is 561 Å². The highest BCUT2D eigenvalue weighted by atomic mass is 31.2. The van der Waals surface area contributed by atoms with Gasteiger partial charge in [-0.3, -0.25) is 23.4 Å². The molecule has 0 bridgehead atoms. The molecule has 3 aliphatic rings. The van der Waals surface area contributed by atoms with Gasteiger partial charge in [0.2, 0.25) is 0 Å². The van der Waals surface area contributed by atoms with Crippen molar-refractivity contribution >= 4 is 25.7 Å². The van der Waals surface area contributed by atoms with Crippen molar-refractivity contribution in [2.24, 2.45) is 0 Å². The number of rotatable bonds is 56. The fourth-order valence-corrected chi connectivity index (χ4v) is 13.0. The van der Waals surface area contributed by atoms with E-state index in [1.807, 2.05) is 0 Å². The van der Waals surface area contributed by atoms with Gasteiger partial charge in [-0.25, -0.2) is 4.57 Å². The minimum absolute atomic E-state index is 0.00930. The van der Waals surface area contributed by atoms with Gasteiger partial charge >= 0.3 is 25.7 Å². The lowest BCUT2D eigenvalue weighted by Gasteiger charge is -2.49. The number of esters is 3. The summed E-state index contributed by atoms with van der Waals surface area (Å²) >= 11 is 0. The van der Waals surface area contributed by atoms with E-state index in [2.05, 4.69) is 32.9 Å². The molecule has 2 heterocycles. The lowest BCUT2D eigenvalue weighted by molar-refractivity contribution is -0.360. The number of aliphatic hydroxyl groups is 10. The zero-order chi connectivity index (χ0) is 68.9. The van der Waals surface area contributed by atoms with Gasteiger partial charge in [0.1, 0.15) is 98.7 Å². The predicted octanol–water partition coefficient (Wildman–Crippen LogP) is 9.18. The zero-order valence-electron chi connectivity index (χ0n) is 57.3. The third-order valence-corrected chi connectivity index (χ3v) is 19.0. The van der Waals surface area contributed by atoms with Crippen LogP contribution in [0.5, 0.6) is 0 Å². The molecular formula is C69H127O24P. The van der Waals surface area contributed by atoms with E-state index in [1.165, 1.54) is 128 Å². The van der Waals surface area contributed by atoms with Crippen LogP contribution >= 0.6 is 7.82 Å². The number of hydrogen-bond donors (Lipinski definition) is 11. The van der Waals surface area contributed by atoms with Crippen LogP contribution in [0.15, 0.2) is 12.2 Å². The minimum atomic E-state index is -5.69. The van der Waals surface area contributed by atoms with E-state index in [4.69, 9.17) is 42.2 Å². The minimum Gasteiger partial charge on any atom is -0.463 e. The van der Waals surface area contributed by atoms with Crippen LogP contribution in [0.1, 0.15) is 278 Å². The van der Waals surface area contributed by atoms with E-state index >= 15 is 0 Å². The van der Waals surface area contributed by atoms with Crippen LogP contribution in [-0.2, 0) is 61.2 Å². The lowest BCUT2D eigenvalue weighted by atomic mass is 9.84. The van der Waals surface area contributed by atoms with Crippen molar-refractivity contribution in [3.63, 3.8) is 0 Å². The summed E-state index contributed by atoms with van der Waals surface area (Å²) in [6, 6.07) is 0. The van der Waals surface area contributed by atoms with Gasteiger partial charge < -0.3 is 89.1 Å². The number of unbranched alkanes of at least 4 members (excludes halogenated alkanes) is 33. The van der Waals surface area contributed by atoms with E-state index in [1.54, 1.807) is 0 Å². The highest BCUT2D eigenvalue weighted by Crippen LogP contribution is 2.49. The van der Waals surface area contributed by atoms with Crippen LogP contribution < -0.4 is 0 Å². The first-order valence-electron chi connectivity index (χ1n) is 36.5. The lowest BCUT2D eigenvalue weighted by Crippen LogP contribution is -2.69. The van der Waals surface area contributed by atoms with Crippen molar-refractivity contribution in [1.82, 2.24) is 0 Å². The Hall–Kier alpha value is -2.30. The first-order chi connectivity index (χ1) is 45.3. The number of phosphoric ester groups is 1. The standard InChI is InChI=1S/C69H127O24P/c1-4-7-10-13-16-19-22-24-25-27-30-31-34-37-40-43-53(71)85-47-50(88-55(73)45-42-39-36-33-28-21-18-15-12-9-6-3)48-87-94(83,84)93-67-65(91-68-63(81)58(76)56(74)51(46-70)89-68)61(79)60(78)62(80)66(67)92-69-64(82)59(77)57(75)52(90-69)49-86-54(72)44-41-38-35-32-29-26-23-20-17-14-11-8-5-2/h26,29,50-52,56-70,74-82H,4-25,27-28,30-49H2,1-3H3,(H,83,84)/b29-26-. The van der Waals surface area contributed by atoms with Gasteiger partial charge in [0, 0.05) is 19.3 Å². The molecule has 94 heavy (non-hydrogen) atoms. The summed E-state index contributed by atoms with van der Waals surface area (Å²) in [7, 11) is -5.69. The maximum Gasteiger partial charge on any atom is 0.472 e. The van der Waals surface area contributed by atoms with Gasteiger partial charge in [-0.2, -0.15) is 0 Å². The molecule has 2 aliphatic heterocycles. The molecule has 0 aromatic carbocycles. The molecule has 0 aromatic rings. The maximum atomic E-state index is 14.3. The molecule has 0 radical (unpaired) electrons. The normalized spacial score (nSPS) is 28.3. The molecule has 18 atom stereocenters. The first kappa shape index (κ1) is 85.9. The second-order valence-electron chi connectivity index (χ2n) is 26.3. The molecule has 1 saturated carbocycles. The molecule has 0 spiro atoms. The van der Waals surface area contributed by atoms with Crippen molar-refractivity contribution in [1.29, 1.82) is 0 Å². The van der Waals surface area contributed by atoms with Crippen LogP contribution in [0.2, 0.25) is 0 Å². The second kappa shape index (κ2) is 51.8. The summed E-state index contributed by atoms with van der Waals surface area (Å²) in [6.45, 7) is 3.41. The molecule has 3 fully saturated rings. The topological polar surface area (TPSA) is 374 Å². The Kier molecular flexibility index (Phi) is 47.3. The number of allylic oxidation sites excluding steroid dienone is 2. The quantitative estimate of drug-likeness (QED) is 0.00888. The summed E-state index contributed by atoms with van der Waals surface area (Å²) in [5, 5.41) is 110. The van der Waals surface area contributed by atoms with Crippen molar-refractivity contribution in [2.45, 2.75) is 382 Å². The van der Waals surface area contributed by atoms with Crippen molar-refractivity contribution in [3.05, 3.63) is 12.2 Å². The second-order valence-corrected chi connectivity index (χ2v) is 27.7. The Balaban J connectivity index is 1.75. The summed E-state index contributed by atoms with van der Waals surface area (Å²) < 4.78 is 64.9. The summed E-state index contributed by atoms with van der Waals surface area (Å²) in [6.07, 6.45) is 8.76. The van der Waals surface area contributed by atoms with Gasteiger partial charge in [0.25, 0.3) is 0 Å². The van der Waals surface area contributed by atoms with E-state index < -0.39 is 156 Å². The highest BCUT2D eigenvalue weighted by Gasteiger charge is 2.58. The van der Waals surface area contributed by atoms with E-state index in [-0.39, 0.29) is 19.3 Å². The van der Waals surface area contributed by atoms with Crippen LogP contribution in [0.3, 0.4) is 0 Å². The zero-order valence-corrected chi connectivity index (χ0v) is 58.2. The molecule has 1 aliphatic carbocycles. The van der Waals surface area contributed by atoms with Crippen LogP contribution in [0.25, 0.3) is 0 Å². The third kappa shape index (κ3) is 35.1. The van der Waals surface area contributed by atoms with Crippen LogP contribution in [-0.4, -0.2) is 204 Å². The van der Waals surface area contributed by atoms with Crippen molar-refractivity contribution in [3.8, 4) is 0 Å². The Morgan fingerprint density at radius 3 is 1.16 bits per heavy atom. The maximum absolute atomic E-state index is 14.3. The average molecular weight is 1370 g/mol. The van der Waals surface area contributed by atoms with Gasteiger partial charge in [-0.15, -0.1) is 0 Å². The molecule has 25 heteroatoms. The molecule has 2 saturated heterocycles. The summed E-state index contributed by atoms with van der Waals surface area (Å²) in [4.78, 5) is 50.8. The number of hydrogen-bond acceptors (Lipinski definition) is 23. The number of ether oxygens (including phenoxy) is 7. The predicted molar refractivity (Wildman–Crippen MR) is 352 cm³/mol. The van der Waals surface area contributed by atoms with Gasteiger partial charge in [0.15, 0.2) is 18.7 Å². The Bertz CT molecular complexity index is 2010. The molecule has 11 N–H and O–H groups in total. The van der Waals surface area contributed by atoms with Gasteiger partial charge in [-0.1, -0.05) is 226 Å². The SMILES string of the molecule is CCCCCCCC/C=C\CCCCCC(=O)OCC1OC(OC2C(O)C(O)C(O)C(OC3OC(CO)C(O)C(O)C3O)C2OP(=O)(O)OCC(COC(=O)CCCCCCCCCCCCCCCCC)OC(=O)CCCCCCCCCCCCC)C(O)C(O)C1O. The smallest absolute Gasteiger partial charge is 0.463 e. The summed E-state index contributed by atoms with van der Waals surface area (Å²) in [5.74, 6) is -2.00. The van der Waals surface area contributed by atoms with Crippen LogP contribution in [0, 0.1) is 0 Å². The Morgan fingerprint density at radius 2 is 0.745 bits per heavy atom. The monoisotopic (exact) mass is 1370 g/mol. The van der Waals surface area contributed by atoms with Gasteiger partial charge in [-0.05, 0) is 44.9 Å². The molecule has 0 amide bonds. The number of phosphoric acid groups is 1. The Morgan fingerprint density at radius 1 is 0.404 bits per heavy atom. The molecule has 24 nitrogen and oxygen atoms in total.